The molecule has 2 aromatic rings. The molecule has 2 bridgehead atoms. The summed E-state index contributed by atoms with van der Waals surface area (Å²) < 4.78 is 0.967. The highest BCUT2D eigenvalue weighted by Crippen LogP contribution is 2.53. The number of rotatable bonds is 5. The molecule has 6 heteroatoms. The SMILES string of the molecule is Cc1cc(NC(=O)[C@H](Cc2ccccc2)N2C(=O)[C@@H]3[C@H](C2=O)[C@@H]2C=C[C@H]3C2)c(C)cc1Br. The zero-order valence-electron chi connectivity index (χ0n) is 18.0. The second kappa shape index (κ2) is 8.00. The van der Waals surface area contributed by atoms with Gasteiger partial charge < -0.3 is 5.32 Å². The van der Waals surface area contributed by atoms with Crippen molar-refractivity contribution in [3.8, 4) is 0 Å². The number of aryl methyl sites for hydroxylation is 2. The minimum absolute atomic E-state index is 0.114. The van der Waals surface area contributed by atoms with Gasteiger partial charge in [0.15, 0.2) is 0 Å². The molecular weight excluding hydrogens is 468 g/mol. The molecule has 1 saturated heterocycles. The summed E-state index contributed by atoms with van der Waals surface area (Å²) in [7, 11) is 0. The highest BCUT2D eigenvalue weighted by Gasteiger charge is 2.61. The summed E-state index contributed by atoms with van der Waals surface area (Å²) >= 11 is 3.52. The van der Waals surface area contributed by atoms with Crippen molar-refractivity contribution in [3.63, 3.8) is 0 Å². The average Bonchev–Trinajstić information content (AvgIpc) is 3.45. The Morgan fingerprint density at radius 2 is 1.66 bits per heavy atom. The molecule has 2 fully saturated rings. The molecule has 0 radical (unpaired) electrons. The van der Waals surface area contributed by atoms with Crippen molar-refractivity contribution in [2.75, 3.05) is 5.32 Å². The number of allylic oxidation sites excluding steroid dienone is 2. The number of benzene rings is 2. The molecule has 1 saturated carbocycles. The Hall–Kier alpha value is -2.73. The standard InChI is InChI=1S/C26H25BrN2O3/c1-14-11-20(15(2)10-19(14)27)28-24(30)21(12-16-6-4-3-5-7-16)29-25(31)22-17-8-9-18(13-17)23(22)26(29)32/h3-11,17-18,21-23H,12-13H2,1-2H3,(H,28,30)/t17-,18+,21-,22-,23+/m0/s1. The van der Waals surface area contributed by atoms with E-state index in [4.69, 9.17) is 0 Å². The predicted molar refractivity (Wildman–Crippen MR) is 126 cm³/mol. The lowest BCUT2D eigenvalue weighted by Gasteiger charge is -2.27. The number of fused-ring (bicyclic) bond motifs is 5. The van der Waals surface area contributed by atoms with Crippen molar-refractivity contribution in [2.45, 2.75) is 32.7 Å². The maximum atomic E-state index is 13.6. The first-order valence-electron chi connectivity index (χ1n) is 11.0. The van der Waals surface area contributed by atoms with Gasteiger partial charge in [-0.1, -0.05) is 58.4 Å². The monoisotopic (exact) mass is 492 g/mol. The zero-order valence-corrected chi connectivity index (χ0v) is 19.6. The molecule has 1 aliphatic heterocycles. The molecule has 0 unspecified atom stereocenters. The maximum absolute atomic E-state index is 13.6. The highest BCUT2D eigenvalue weighted by molar-refractivity contribution is 9.10. The molecule has 5 nitrogen and oxygen atoms in total. The van der Waals surface area contributed by atoms with Crippen LogP contribution in [0.4, 0.5) is 5.69 Å². The molecule has 1 N–H and O–H groups in total. The van der Waals surface area contributed by atoms with Crippen LogP contribution >= 0.6 is 15.9 Å². The number of amides is 3. The number of imide groups is 1. The molecule has 1 heterocycles. The summed E-state index contributed by atoms with van der Waals surface area (Å²) in [5.41, 5.74) is 3.51. The second-order valence-corrected chi connectivity index (χ2v) is 10.0. The van der Waals surface area contributed by atoms with Gasteiger partial charge in [0, 0.05) is 16.6 Å². The van der Waals surface area contributed by atoms with Gasteiger partial charge in [0.25, 0.3) is 0 Å². The van der Waals surface area contributed by atoms with E-state index < -0.39 is 6.04 Å². The van der Waals surface area contributed by atoms with Crippen molar-refractivity contribution in [1.29, 1.82) is 0 Å². The summed E-state index contributed by atoms with van der Waals surface area (Å²) in [6.45, 7) is 3.88. The number of likely N-dealkylation sites (tertiary alicyclic amines) is 1. The number of hydrogen-bond acceptors (Lipinski definition) is 3. The molecule has 0 aromatic heterocycles. The van der Waals surface area contributed by atoms with Crippen molar-refractivity contribution in [3.05, 3.63) is 75.8 Å². The predicted octanol–water partition coefficient (Wildman–Crippen LogP) is 4.42. The Bertz CT molecular complexity index is 1110. The normalized spacial score (nSPS) is 26.5. The first kappa shape index (κ1) is 21.1. The number of carbonyl (C=O) groups excluding carboxylic acids is 3. The van der Waals surface area contributed by atoms with Crippen LogP contribution in [0, 0.1) is 37.5 Å². The van der Waals surface area contributed by atoms with Crippen molar-refractivity contribution >= 4 is 39.3 Å². The van der Waals surface area contributed by atoms with E-state index in [-0.39, 0.29) is 41.4 Å². The third kappa shape index (κ3) is 3.41. The fourth-order valence-electron chi connectivity index (χ4n) is 5.50. The van der Waals surface area contributed by atoms with Gasteiger partial charge in [-0.3, -0.25) is 19.3 Å². The smallest absolute Gasteiger partial charge is 0.248 e. The minimum atomic E-state index is -0.884. The summed E-state index contributed by atoms with van der Waals surface area (Å²) in [5, 5.41) is 3.00. The van der Waals surface area contributed by atoms with E-state index in [2.05, 4.69) is 33.4 Å². The summed E-state index contributed by atoms with van der Waals surface area (Å²) in [5.74, 6) is -1.14. The fourth-order valence-corrected chi connectivity index (χ4v) is 5.96. The van der Waals surface area contributed by atoms with E-state index >= 15 is 0 Å². The largest absolute Gasteiger partial charge is 0.324 e. The van der Waals surface area contributed by atoms with E-state index in [0.717, 1.165) is 27.6 Å². The van der Waals surface area contributed by atoms with E-state index in [0.29, 0.717) is 12.1 Å². The van der Waals surface area contributed by atoms with Crippen molar-refractivity contribution in [1.82, 2.24) is 4.90 Å². The van der Waals surface area contributed by atoms with Crippen LogP contribution in [-0.2, 0) is 20.8 Å². The average molecular weight is 493 g/mol. The van der Waals surface area contributed by atoms with E-state index in [1.54, 1.807) is 0 Å². The molecule has 3 amide bonds. The van der Waals surface area contributed by atoms with Crippen molar-refractivity contribution in [2.24, 2.45) is 23.7 Å². The van der Waals surface area contributed by atoms with Crippen LogP contribution in [0.3, 0.4) is 0 Å². The van der Waals surface area contributed by atoms with Gasteiger partial charge in [0.1, 0.15) is 6.04 Å². The second-order valence-electron chi connectivity index (χ2n) is 9.16. The van der Waals surface area contributed by atoms with Crippen molar-refractivity contribution < 1.29 is 14.4 Å². The molecule has 5 rings (SSSR count). The number of halogens is 1. The Balaban J connectivity index is 1.47. The van der Waals surface area contributed by atoms with Gasteiger partial charge in [-0.2, -0.15) is 0 Å². The Kier molecular flexibility index (Phi) is 5.28. The lowest BCUT2D eigenvalue weighted by atomic mass is 9.85. The first-order chi connectivity index (χ1) is 15.3. The summed E-state index contributed by atoms with van der Waals surface area (Å²) in [6.07, 6.45) is 5.30. The lowest BCUT2D eigenvalue weighted by Crippen LogP contribution is -2.49. The Labute approximate surface area is 196 Å². The summed E-state index contributed by atoms with van der Waals surface area (Å²) in [4.78, 5) is 41.7. The lowest BCUT2D eigenvalue weighted by molar-refractivity contribution is -0.147. The van der Waals surface area contributed by atoms with Gasteiger partial charge in [-0.05, 0) is 60.9 Å². The van der Waals surface area contributed by atoms with Crippen LogP contribution in [0.25, 0.3) is 0 Å². The quantitative estimate of drug-likeness (QED) is 0.496. The molecule has 5 atom stereocenters. The molecule has 164 valence electrons. The van der Waals surface area contributed by atoms with Gasteiger partial charge in [0.2, 0.25) is 17.7 Å². The molecule has 2 aliphatic carbocycles. The van der Waals surface area contributed by atoms with Gasteiger partial charge in [-0.25, -0.2) is 0 Å². The van der Waals surface area contributed by atoms with E-state index in [9.17, 15) is 14.4 Å². The fraction of sp³-hybridized carbons (Fsp3) is 0.346. The zero-order chi connectivity index (χ0) is 22.6. The molecule has 0 spiro atoms. The number of nitrogens with one attached hydrogen (secondary N) is 1. The first-order valence-corrected chi connectivity index (χ1v) is 11.8. The van der Waals surface area contributed by atoms with Gasteiger partial charge in [-0.15, -0.1) is 0 Å². The molecule has 3 aliphatic rings. The van der Waals surface area contributed by atoms with Crippen LogP contribution in [0.15, 0.2) is 59.1 Å². The van der Waals surface area contributed by atoms with Crippen LogP contribution in [0.2, 0.25) is 0 Å². The molecule has 32 heavy (non-hydrogen) atoms. The maximum Gasteiger partial charge on any atom is 0.248 e. The third-order valence-electron chi connectivity index (χ3n) is 7.15. The minimum Gasteiger partial charge on any atom is -0.324 e. The topological polar surface area (TPSA) is 66.5 Å². The van der Waals surface area contributed by atoms with E-state index in [1.165, 1.54) is 4.90 Å². The highest BCUT2D eigenvalue weighted by atomic mass is 79.9. The molecular formula is C26H25BrN2O3. The number of hydrogen-bond donors (Lipinski definition) is 1. The number of nitrogens with zero attached hydrogens (tertiary/aromatic N) is 1. The van der Waals surface area contributed by atoms with Crippen LogP contribution in [0.1, 0.15) is 23.1 Å². The summed E-state index contributed by atoms with van der Waals surface area (Å²) in [6, 6.07) is 12.5. The Morgan fingerprint density at radius 3 is 2.28 bits per heavy atom. The number of carbonyl (C=O) groups is 3. The van der Waals surface area contributed by atoms with E-state index in [1.807, 2.05) is 56.3 Å². The van der Waals surface area contributed by atoms with Crippen LogP contribution < -0.4 is 5.32 Å². The number of anilines is 1. The molecule has 2 aromatic carbocycles. The van der Waals surface area contributed by atoms with Crippen LogP contribution in [-0.4, -0.2) is 28.7 Å². The Morgan fingerprint density at radius 1 is 1.03 bits per heavy atom. The third-order valence-corrected chi connectivity index (χ3v) is 8.01. The van der Waals surface area contributed by atoms with Crippen LogP contribution in [0.5, 0.6) is 0 Å². The van der Waals surface area contributed by atoms with Gasteiger partial charge in [0.05, 0.1) is 11.8 Å². The van der Waals surface area contributed by atoms with Gasteiger partial charge >= 0.3 is 0 Å².